The average molecular weight is 454 g/mol. The molecular weight excluding hydrogens is 434 g/mol. The Bertz CT molecular complexity index is 1150. The van der Waals surface area contributed by atoms with Gasteiger partial charge in [-0.05, 0) is 30.3 Å². The number of methoxy groups -OCH3 is 1. The average Bonchev–Trinajstić information content (AvgIpc) is 2.84. The minimum Gasteiger partial charge on any atom is -0.497 e. The zero-order valence-electron chi connectivity index (χ0n) is 17.3. The molecule has 0 atom stereocenters. The fourth-order valence-corrected chi connectivity index (χ4v) is 3.73. The van der Waals surface area contributed by atoms with Crippen LogP contribution in [0.4, 0.5) is 11.5 Å². The van der Waals surface area contributed by atoms with Crippen LogP contribution in [0.3, 0.4) is 0 Å². The predicted octanol–water partition coefficient (Wildman–Crippen LogP) is 3.68. The topological polar surface area (TPSA) is 102 Å². The van der Waals surface area contributed by atoms with Gasteiger partial charge in [0.1, 0.15) is 5.75 Å². The van der Waals surface area contributed by atoms with Crippen LogP contribution in [0.1, 0.15) is 10.4 Å². The molecule has 9 nitrogen and oxygen atoms in total. The summed E-state index contributed by atoms with van der Waals surface area (Å²) < 4.78 is 5.25. The number of amides is 1. The van der Waals surface area contributed by atoms with Gasteiger partial charge in [-0.2, -0.15) is 0 Å². The highest BCUT2D eigenvalue weighted by molar-refractivity contribution is 6.33. The SMILES string of the molecule is COc1cccc(-c2ccc(N3CCN(C(=O)c4cc([N+](=O)[O-])ccc4Cl)CC3)nn2)c1. The molecule has 164 valence electrons. The van der Waals surface area contributed by atoms with Gasteiger partial charge in [-0.25, -0.2) is 0 Å². The molecule has 0 N–H and O–H groups in total. The summed E-state index contributed by atoms with van der Waals surface area (Å²) in [5.74, 6) is 1.15. The number of hydrogen-bond acceptors (Lipinski definition) is 7. The molecule has 0 unspecified atom stereocenters. The molecule has 1 saturated heterocycles. The van der Waals surface area contributed by atoms with Crippen molar-refractivity contribution in [3.8, 4) is 17.0 Å². The molecule has 1 aromatic heterocycles. The van der Waals surface area contributed by atoms with Gasteiger partial charge >= 0.3 is 0 Å². The third kappa shape index (κ3) is 4.47. The van der Waals surface area contributed by atoms with Crippen molar-refractivity contribution < 1.29 is 14.5 Å². The van der Waals surface area contributed by atoms with Crippen molar-refractivity contribution >= 4 is 29.0 Å². The number of anilines is 1. The smallest absolute Gasteiger partial charge is 0.270 e. The molecule has 10 heteroatoms. The summed E-state index contributed by atoms with van der Waals surface area (Å²) >= 11 is 6.12. The van der Waals surface area contributed by atoms with E-state index >= 15 is 0 Å². The third-order valence-corrected chi connectivity index (χ3v) is 5.63. The maximum absolute atomic E-state index is 12.9. The van der Waals surface area contributed by atoms with Crippen LogP contribution in [-0.2, 0) is 0 Å². The first-order chi connectivity index (χ1) is 15.5. The van der Waals surface area contributed by atoms with Gasteiger partial charge in [0, 0.05) is 43.9 Å². The largest absolute Gasteiger partial charge is 0.497 e. The van der Waals surface area contributed by atoms with E-state index in [1.54, 1.807) is 12.0 Å². The molecule has 1 aliphatic heterocycles. The summed E-state index contributed by atoms with van der Waals surface area (Å²) in [4.78, 5) is 27.0. The van der Waals surface area contributed by atoms with Gasteiger partial charge in [0.05, 0.1) is 28.3 Å². The van der Waals surface area contributed by atoms with Crippen molar-refractivity contribution in [2.75, 3.05) is 38.2 Å². The van der Waals surface area contributed by atoms with E-state index in [1.165, 1.54) is 18.2 Å². The van der Waals surface area contributed by atoms with E-state index in [0.717, 1.165) is 22.8 Å². The van der Waals surface area contributed by atoms with Crippen molar-refractivity contribution in [1.82, 2.24) is 15.1 Å². The van der Waals surface area contributed by atoms with Crippen LogP contribution in [-0.4, -0.2) is 59.2 Å². The van der Waals surface area contributed by atoms with Crippen LogP contribution in [0.15, 0.2) is 54.6 Å². The molecule has 1 fully saturated rings. The third-order valence-electron chi connectivity index (χ3n) is 5.30. The van der Waals surface area contributed by atoms with Crippen LogP contribution < -0.4 is 9.64 Å². The summed E-state index contributed by atoms with van der Waals surface area (Å²) in [6.07, 6.45) is 0. The van der Waals surface area contributed by atoms with Crippen LogP contribution in [0, 0.1) is 10.1 Å². The second kappa shape index (κ2) is 9.19. The number of hydrogen-bond donors (Lipinski definition) is 0. The quantitative estimate of drug-likeness (QED) is 0.429. The normalized spacial score (nSPS) is 13.7. The van der Waals surface area contributed by atoms with E-state index in [1.807, 2.05) is 41.3 Å². The molecule has 1 amide bonds. The summed E-state index contributed by atoms with van der Waals surface area (Å²) in [6.45, 7) is 2.01. The van der Waals surface area contributed by atoms with Crippen molar-refractivity contribution in [3.63, 3.8) is 0 Å². The number of ether oxygens (including phenoxy) is 1. The van der Waals surface area contributed by atoms with E-state index in [4.69, 9.17) is 16.3 Å². The van der Waals surface area contributed by atoms with Crippen molar-refractivity contribution in [2.45, 2.75) is 0 Å². The highest BCUT2D eigenvalue weighted by Crippen LogP contribution is 2.25. The molecule has 2 aromatic carbocycles. The molecular formula is C22H20ClN5O4. The Hall–Kier alpha value is -3.72. The zero-order chi connectivity index (χ0) is 22.7. The second-order valence-electron chi connectivity index (χ2n) is 7.21. The van der Waals surface area contributed by atoms with E-state index < -0.39 is 4.92 Å². The number of piperazine rings is 1. The lowest BCUT2D eigenvalue weighted by Crippen LogP contribution is -2.49. The molecule has 0 aliphatic carbocycles. The van der Waals surface area contributed by atoms with Crippen LogP contribution in [0.2, 0.25) is 5.02 Å². The molecule has 0 bridgehead atoms. The highest BCUT2D eigenvalue weighted by Gasteiger charge is 2.26. The van der Waals surface area contributed by atoms with E-state index in [9.17, 15) is 14.9 Å². The maximum atomic E-state index is 12.9. The lowest BCUT2D eigenvalue weighted by Gasteiger charge is -2.35. The van der Waals surface area contributed by atoms with Gasteiger partial charge in [0.15, 0.2) is 5.82 Å². The number of carbonyl (C=O) groups excluding carboxylic acids is 1. The lowest BCUT2D eigenvalue weighted by atomic mass is 10.1. The summed E-state index contributed by atoms with van der Waals surface area (Å²) in [7, 11) is 1.62. The Morgan fingerprint density at radius 1 is 1.06 bits per heavy atom. The standard InChI is InChI=1S/C22H20ClN5O4/c1-32-17-4-2-3-15(13-17)20-7-8-21(25-24-20)26-9-11-27(12-10-26)22(29)18-14-16(28(30)31)5-6-19(18)23/h2-8,13-14H,9-12H2,1H3. The first-order valence-corrected chi connectivity index (χ1v) is 10.3. The fourth-order valence-electron chi connectivity index (χ4n) is 3.53. The summed E-state index contributed by atoms with van der Waals surface area (Å²) in [6, 6.07) is 15.3. The number of nitro groups is 1. The molecule has 4 rings (SSSR count). The molecule has 2 heterocycles. The van der Waals surface area contributed by atoms with Crippen molar-refractivity contribution in [2.24, 2.45) is 0 Å². The molecule has 0 radical (unpaired) electrons. The van der Waals surface area contributed by atoms with Crippen LogP contribution in [0.5, 0.6) is 5.75 Å². The Balaban J connectivity index is 1.42. The first kappa shape index (κ1) is 21.5. The lowest BCUT2D eigenvalue weighted by molar-refractivity contribution is -0.384. The molecule has 0 spiro atoms. The van der Waals surface area contributed by atoms with Gasteiger partial charge in [0.25, 0.3) is 11.6 Å². The van der Waals surface area contributed by atoms with Crippen molar-refractivity contribution in [1.29, 1.82) is 0 Å². The number of nitro benzene ring substituents is 1. The predicted molar refractivity (Wildman–Crippen MR) is 120 cm³/mol. The maximum Gasteiger partial charge on any atom is 0.270 e. The Labute approximate surface area is 189 Å². The number of non-ortho nitro benzene ring substituents is 1. The van der Waals surface area contributed by atoms with Crippen molar-refractivity contribution in [3.05, 3.63) is 75.3 Å². The number of benzene rings is 2. The highest BCUT2D eigenvalue weighted by atomic mass is 35.5. The zero-order valence-corrected chi connectivity index (χ0v) is 18.0. The fraction of sp³-hybridized carbons (Fsp3) is 0.227. The monoisotopic (exact) mass is 453 g/mol. The minimum atomic E-state index is -0.543. The summed E-state index contributed by atoms with van der Waals surface area (Å²) in [5.41, 5.74) is 1.62. The van der Waals surface area contributed by atoms with Gasteiger partial charge in [-0.3, -0.25) is 14.9 Å². The minimum absolute atomic E-state index is 0.136. The number of rotatable bonds is 5. The second-order valence-corrected chi connectivity index (χ2v) is 7.62. The van der Waals surface area contributed by atoms with Gasteiger partial charge in [-0.15, -0.1) is 10.2 Å². The number of nitrogens with zero attached hydrogens (tertiary/aromatic N) is 5. The molecule has 1 aliphatic rings. The summed E-state index contributed by atoms with van der Waals surface area (Å²) in [5, 5.41) is 19.9. The molecule has 3 aromatic rings. The van der Waals surface area contributed by atoms with Gasteiger partial charge in [0.2, 0.25) is 0 Å². The molecule has 32 heavy (non-hydrogen) atoms. The molecule has 0 saturated carbocycles. The number of aromatic nitrogens is 2. The van der Waals surface area contributed by atoms with E-state index in [0.29, 0.717) is 26.2 Å². The van der Waals surface area contributed by atoms with Gasteiger partial charge in [-0.1, -0.05) is 23.7 Å². The Kier molecular flexibility index (Phi) is 6.18. The van der Waals surface area contributed by atoms with Crippen LogP contribution >= 0.6 is 11.6 Å². The van der Waals surface area contributed by atoms with E-state index in [-0.39, 0.29) is 22.2 Å². The first-order valence-electron chi connectivity index (χ1n) is 9.92. The van der Waals surface area contributed by atoms with E-state index in [2.05, 4.69) is 10.2 Å². The Morgan fingerprint density at radius 2 is 1.84 bits per heavy atom. The van der Waals surface area contributed by atoms with Crippen LogP contribution in [0.25, 0.3) is 11.3 Å². The number of carbonyl (C=O) groups is 1. The number of halogens is 1. The van der Waals surface area contributed by atoms with Gasteiger partial charge < -0.3 is 14.5 Å². The Morgan fingerprint density at radius 3 is 2.50 bits per heavy atom.